The van der Waals surface area contributed by atoms with Crippen molar-refractivity contribution in [1.82, 2.24) is 9.88 Å². The second-order valence-corrected chi connectivity index (χ2v) is 4.52. The van der Waals surface area contributed by atoms with Gasteiger partial charge in [0.05, 0.1) is 10.6 Å². The predicted molar refractivity (Wildman–Crippen MR) is 65.2 cm³/mol. The number of hydrogen-bond acceptors (Lipinski definition) is 3. The van der Waals surface area contributed by atoms with Crippen LogP contribution in [0.4, 0.5) is 0 Å². The Morgan fingerprint density at radius 2 is 2.24 bits per heavy atom. The van der Waals surface area contributed by atoms with E-state index >= 15 is 0 Å². The van der Waals surface area contributed by atoms with Crippen molar-refractivity contribution in [3.05, 3.63) is 29.0 Å². The predicted octanol–water partition coefficient (Wildman–Crippen LogP) is 1.99. The van der Waals surface area contributed by atoms with E-state index in [0.717, 1.165) is 12.8 Å². The second kappa shape index (κ2) is 5.47. The van der Waals surface area contributed by atoms with E-state index in [1.54, 1.807) is 17.2 Å². The van der Waals surface area contributed by atoms with Crippen LogP contribution in [0.5, 0.6) is 0 Å². The molecule has 1 amide bonds. The molecule has 0 bridgehead atoms. The van der Waals surface area contributed by atoms with Gasteiger partial charge in [-0.3, -0.25) is 9.78 Å². The van der Waals surface area contributed by atoms with E-state index in [1.165, 1.54) is 6.20 Å². The molecular formula is C12H15ClN2O2. The SMILES string of the molecule is CN(C(=O)c1ccncc1Cl)C1CCOCC1. The molecular weight excluding hydrogens is 240 g/mol. The molecule has 0 aliphatic carbocycles. The number of carbonyl (C=O) groups is 1. The highest BCUT2D eigenvalue weighted by molar-refractivity contribution is 6.33. The topological polar surface area (TPSA) is 42.4 Å². The summed E-state index contributed by atoms with van der Waals surface area (Å²) in [4.78, 5) is 17.9. The lowest BCUT2D eigenvalue weighted by Crippen LogP contribution is -2.40. The number of carbonyl (C=O) groups excluding carboxylic acids is 1. The molecule has 1 aromatic heterocycles. The molecule has 2 heterocycles. The third-order valence-corrected chi connectivity index (χ3v) is 3.36. The van der Waals surface area contributed by atoms with E-state index in [4.69, 9.17) is 16.3 Å². The summed E-state index contributed by atoms with van der Waals surface area (Å²) in [5, 5.41) is 0.399. The van der Waals surface area contributed by atoms with E-state index in [2.05, 4.69) is 4.98 Å². The summed E-state index contributed by atoms with van der Waals surface area (Å²) in [6, 6.07) is 1.89. The van der Waals surface area contributed by atoms with Crippen molar-refractivity contribution in [1.29, 1.82) is 0 Å². The Hall–Kier alpha value is -1.13. The maximum absolute atomic E-state index is 12.2. The Balaban J connectivity index is 2.11. The third-order valence-electron chi connectivity index (χ3n) is 3.06. The lowest BCUT2D eigenvalue weighted by Gasteiger charge is -2.31. The lowest BCUT2D eigenvalue weighted by atomic mass is 10.1. The summed E-state index contributed by atoms with van der Waals surface area (Å²) in [5.41, 5.74) is 0.510. The van der Waals surface area contributed by atoms with Crippen LogP contribution in [-0.2, 0) is 4.74 Å². The molecule has 17 heavy (non-hydrogen) atoms. The highest BCUT2D eigenvalue weighted by atomic mass is 35.5. The van der Waals surface area contributed by atoms with Gasteiger partial charge in [0.1, 0.15) is 0 Å². The van der Waals surface area contributed by atoms with Crippen LogP contribution in [0.1, 0.15) is 23.2 Å². The zero-order valence-corrected chi connectivity index (χ0v) is 10.5. The first-order valence-electron chi connectivity index (χ1n) is 5.64. The van der Waals surface area contributed by atoms with Gasteiger partial charge in [-0.15, -0.1) is 0 Å². The van der Waals surface area contributed by atoms with Crippen LogP contribution in [0.2, 0.25) is 5.02 Å². The van der Waals surface area contributed by atoms with Gasteiger partial charge in [0.2, 0.25) is 0 Å². The van der Waals surface area contributed by atoms with Crippen molar-refractivity contribution >= 4 is 17.5 Å². The van der Waals surface area contributed by atoms with E-state index < -0.39 is 0 Å². The number of hydrogen-bond donors (Lipinski definition) is 0. The standard InChI is InChI=1S/C12H15ClN2O2/c1-15(9-3-6-17-7-4-9)12(16)10-2-5-14-8-11(10)13/h2,5,8-9H,3-4,6-7H2,1H3. The molecule has 92 valence electrons. The molecule has 1 aliphatic heterocycles. The number of halogens is 1. The highest BCUT2D eigenvalue weighted by Crippen LogP contribution is 2.19. The van der Waals surface area contributed by atoms with E-state index in [9.17, 15) is 4.79 Å². The summed E-state index contributed by atoms with van der Waals surface area (Å²) in [6.45, 7) is 1.43. The van der Waals surface area contributed by atoms with Gasteiger partial charge in [-0.1, -0.05) is 11.6 Å². The van der Waals surface area contributed by atoms with E-state index in [-0.39, 0.29) is 11.9 Å². The summed E-state index contributed by atoms with van der Waals surface area (Å²) >= 11 is 5.97. The molecule has 1 aromatic rings. The van der Waals surface area contributed by atoms with Crippen molar-refractivity contribution in [3.63, 3.8) is 0 Å². The number of pyridine rings is 1. The average molecular weight is 255 g/mol. The van der Waals surface area contributed by atoms with Gasteiger partial charge in [-0.2, -0.15) is 0 Å². The number of rotatable bonds is 2. The monoisotopic (exact) mass is 254 g/mol. The molecule has 0 saturated carbocycles. The first-order chi connectivity index (χ1) is 8.20. The van der Waals surface area contributed by atoms with E-state index in [1.807, 2.05) is 7.05 Å². The Morgan fingerprint density at radius 3 is 2.88 bits per heavy atom. The molecule has 1 fully saturated rings. The quantitative estimate of drug-likeness (QED) is 0.811. The molecule has 0 atom stereocenters. The molecule has 0 unspecified atom stereocenters. The lowest BCUT2D eigenvalue weighted by molar-refractivity contribution is 0.0362. The molecule has 0 spiro atoms. The minimum absolute atomic E-state index is 0.0516. The zero-order chi connectivity index (χ0) is 12.3. The molecule has 1 saturated heterocycles. The van der Waals surface area contributed by atoms with Gasteiger partial charge >= 0.3 is 0 Å². The number of ether oxygens (including phenoxy) is 1. The molecule has 0 aromatic carbocycles. The Kier molecular flexibility index (Phi) is 3.97. The number of amides is 1. The van der Waals surface area contributed by atoms with Crippen LogP contribution < -0.4 is 0 Å². The van der Waals surface area contributed by atoms with Crippen LogP contribution in [0.3, 0.4) is 0 Å². The molecule has 0 radical (unpaired) electrons. The highest BCUT2D eigenvalue weighted by Gasteiger charge is 2.24. The summed E-state index contributed by atoms with van der Waals surface area (Å²) in [5.74, 6) is -0.0516. The fourth-order valence-electron chi connectivity index (χ4n) is 1.98. The van der Waals surface area contributed by atoms with Crippen molar-refractivity contribution in [2.45, 2.75) is 18.9 Å². The van der Waals surface area contributed by atoms with Crippen molar-refractivity contribution in [3.8, 4) is 0 Å². The molecule has 5 heteroatoms. The first-order valence-corrected chi connectivity index (χ1v) is 6.02. The fourth-order valence-corrected chi connectivity index (χ4v) is 2.18. The molecule has 2 rings (SSSR count). The first kappa shape index (κ1) is 12.3. The van der Waals surface area contributed by atoms with Crippen LogP contribution in [0, 0.1) is 0 Å². The van der Waals surface area contributed by atoms with Crippen LogP contribution in [-0.4, -0.2) is 42.1 Å². The van der Waals surface area contributed by atoms with Gasteiger partial charge in [0, 0.05) is 38.7 Å². The maximum atomic E-state index is 12.2. The number of nitrogens with zero attached hydrogens (tertiary/aromatic N) is 2. The summed E-state index contributed by atoms with van der Waals surface area (Å²) < 4.78 is 5.29. The normalized spacial score (nSPS) is 16.8. The number of aromatic nitrogens is 1. The fraction of sp³-hybridized carbons (Fsp3) is 0.500. The third kappa shape index (κ3) is 2.76. The zero-order valence-electron chi connectivity index (χ0n) is 9.73. The minimum atomic E-state index is -0.0516. The molecule has 1 aliphatic rings. The summed E-state index contributed by atoms with van der Waals surface area (Å²) in [6.07, 6.45) is 4.83. The van der Waals surface area contributed by atoms with E-state index in [0.29, 0.717) is 23.8 Å². The second-order valence-electron chi connectivity index (χ2n) is 4.12. The summed E-state index contributed by atoms with van der Waals surface area (Å²) in [7, 11) is 1.81. The average Bonchev–Trinajstić information content (AvgIpc) is 2.39. The van der Waals surface area contributed by atoms with Gasteiger partial charge in [0.15, 0.2) is 0 Å². The Labute approximate surface area is 106 Å². The largest absolute Gasteiger partial charge is 0.381 e. The van der Waals surface area contributed by atoms with Crippen molar-refractivity contribution in [2.24, 2.45) is 0 Å². The van der Waals surface area contributed by atoms with Crippen molar-refractivity contribution in [2.75, 3.05) is 20.3 Å². The maximum Gasteiger partial charge on any atom is 0.255 e. The Bertz CT molecular complexity index is 405. The van der Waals surface area contributed by atoms with Crippen LogP contribution >= 0.6 is 11.6 Å². The molecule has 4 nitrogen and oxygen atoms in total. The van der Waals surface area contributed by atoms with Crippen LogP contribution in [0.25, 0.3) is 0 Å². The van der Waals surface area contributed by atoms with Crippen LogP contribution in [0.15, 0.2) is 18.5 Å². The van der Waals surface area contributed by atoms with Gasteiger partial charge in [-0.05, 0) is 18.9 Å². The van der Waals surface area contributed by atoms with Gasteiger partial charge < -0.3 is 9.64 Å². The van der Waals surface area contributed by atoms with Crippen molar-refractivity contribution < 1.29 is 9.53 Å². The van der Waals surface area contributed by atoms with Gasteiger partial charge in [-0.25, -0.2) is 0 Å². The Morgan fingerprint density at radius 1 is 1.53 bits per heavy atom. The minimum Gasteiger partial charge on any atom is -0.381 e. The van der Waals surface area contributed by atoms with Gasteiger partial charge in [0.25, 0.3) is 5.91 Å². The molecule has 0 N–H and O–H groups in total. The smallest absolute Gasteiger partial charge is 0.255 e.